The van der Waals surface area contributed by atoms with Gasteiger partial charge in [0.15, 0.2) is 0 Å². The number of nitrogens with two attached hydrogens (primary N) is 1. The summed E-state index contributed by atoms with van der Waals surface area (Å²) in [7, 11) is 0. The van der Waals surface area contributed by atoms with Gasteiger partial charge in [0.05, 0.1) is 0 Å². The molecule has 0 fully saturated rings. The predicted molar refractivity (Wildman–Crippen MR) is 170 cm³/mol. The van der Waals surface area contributed by atoms with Gasteiger partial charge in [-0.25, -0.2) is 9.59 Å². The molecule has 0 spiro atoms. The molecule has 0 saturated heterocycles. The van der Waals surface area contributed by atoms with E-state index < -0.39 is 35.9 Å². The van der Waals surface area contributed by atoms with Crippen molar-refractivity contribution in [3.63, 3.8) is 0 Å². The number of urea groups is 1. The lowest BCUT2D eigenvalue weighted by Crippen LogP contribution is -2.54. The van der Waals surface area contributed by atoms with Gasteiger partial charge in [0.25, 0.3) is 11.8 Å². The zero-order valence-electron chi connectivity index (χ0n) is 26.6. The van der Waals surface area contributed by atoms with Crippen molar-refractivity contribution in [2.24, 2.45) is 11.7 Å². The first-order valence-electron chi connectivity index (χ1n) is 15.2. The third-order valence-corrected chi connectivity index (χ3v) is 6.99. The summed E-state index contributed by atoms with van der Waals surface area (Å²) in [6.07, 6.45) is 4.74. The first-order chi connectivity index (χ1) is 21.8. The fourth-order valence-electron chi connectivity index (χ4n) is 4.40. The number of nitrogens with zero attached hydrogens (tertiary/aromatic N) is 1. The zero-order chi connectivity index (χ0) is 34.2. The Morgan fingerprint density at radius 3 is 2.15 bits per heavy atom. The molecule has 250 valence electrons. The number of imide groups is 1. The largest absolute Gasteiger partial charge is 0.457 e. The smallest absolute Gasteiger partial charge is 0.333 e. The van der Waals surface area contributed by atoms with Crippen LogP contribution in [0.25, 0.3) is 0 Å². The Balaban J connectivity index is 1.95. The molecule has 0 radical (unpaired) electrons. The second-order valence-corrected chi connectivity index (χ2v) is 11.3. The lowest BCUT2D eigenvalue weighted by atomic mass is 10.0. The number of unbranched alkanes of at least 4 members (excludes halogenated alkanes) is 2. The van der Waals surface area contributed by atoms with Gasteiger partial charge in [-0.2, -0.15) is 0 Å². The first-order valence-corrected chi connectivity index (χ1v) is 15.2. The fourth-order valence-corrected chi connectivity index (χ4v) is 4.40. The van der Waals surface area contributed by atoms with Gasteiger partial charge < -0.3 is 31.7 Å². The molecular weight excluding hydrogens is 596 g/mol. The number of nitrogens with one attached hydrogen (secondary N) is 4. The summed E-state index contributed by atoms with van der Waals surface area (Å²) >= 11 is 0. The second kappa shape index (κ2) is 18.7. The van der Waals surface area contributed by atoms with Crippen molar-refractivity contribution in [2.45, 2.75) is 78.0 Å². The van der Waals surface area contributed by atoms with Gasteiger partial charge >= 0.3 is 12.0 Å². The van der Waals surface area contributed by atoms with Crippen molar-refractivity contribution >= 4 is 47.2 Å². The van der Waals surface area contributed by atoms with Crippen LogP contribution in [0.4, 0.5) is 10.5 Å². The zero-order valence-corrected chi connectivity index (χ0v) is 26.6. The minimum Gasteiger partial charge on any atom is -0.457 e. The summed E-state index contributed by atoms with van der Waals surface area (Å²) < 4.78 is 5.12. The number of primary amides is 1. The van der Waals surface area contributed by atoms with Gasteiger partial charge in [-0.15, -0.1) is 0 Å². The molecule has 6 N–H and O–H groups in total. The van der Waals surface area contributed by atoms with Crippen molar-refractivity contribution in [2.75, 3.05) is 18.4 Å². The Hall–Kier alpha value is -5.01. The molecule has 0 aromatic heterocycles. The summed E-state index contributed by atoms with van der Waals surface area (Å²) in [6.45, 7) is 9.11. The Kier molecular flexibility index (Phi) is 15.1. The topological polar surface area (TPSA) is 206 Å². The molecule has 0 bridgehead atoms. The maximum atomic E-state index is 13.3. The highest BCUT2D eigenvalue weighted by Crippen LogP contribution is 2.14. The third-order valence-electron chi connectivity index (χ3n) is 6.99. The van der Waals surface area contributed by atoms with Gasteiger partial charge in [-0.1, -0.05) is 39.0 Å². The van der Waals surface area contributed by atoms with E-state index in [-0.39, 0.29) is 61.8 Å². The molecule has 1 aromatic rings. The number of esters is 1. The normalized spacial score (nSPS) is 13.6. The molecule has 1 aliphatic rings. The standard InChI is InChI=1S/C32H44N6O8/c1-20(2)28(37-25(39)10-6-5-7-18-38-26(40)15-16-27(38)41)30(43)36-24(9-8-17-34-32(33)45)29(42)35-23-13-11-22(12-14-23)19-46-31(44)21(3)4/h11-16,20,24,28H,3,5-10,17-19H2,1-2,4H3,(H,35,42)(H,36,43)(H,37,39)(H3,33,34,45)/t24-,28-/m0/s1. The molecule has 1 aromatic carbocycles. The van der Waals surface area contributed by atoms with E-state index >= 15 is 0 Å². The quantitative estimate of drug-likeness (QED) is 0.0651. The number of carbonyl (C=O) groups is 7. The highest BCUT2D eigenvalue weighted by molar-refractivity contribution is 6.12. The molecule has 14 nitrogen and oxygen atoms in total. The van der Waals surface area contributed by atoms with Gasteiger partial charge in [0.2, 0.25) is 17.7 Å². The van der Waals surface area contributed by atoms with Crippen LogP contribution >= 0.6 is 0 Å². The second-order valence-electron chi connectivity index (χ2n) is 11.3. The summed E-state index contributed by atoms with van der Waals surface area (Å²) in [5.41, 5.74) is 6.54. The highest BCUT2D eigenvalue weighted by atomic mass is 16.5. The van der Waals surface area contributed by atoms with Crippen molar-refractivity contribution in [3.8, 4) is 0 Å². The van der Waals surface area contributed by atoms with E-state index in [0.29, 0.717) is 36.9 Å². The SMILES string of the molecule is C=C(C)C(=O)OCc1ccc(NC(=O)[C@H](CCCNC(N)=O)NC(=O)[C@@H](NC(=O)CCCCCN2C(=O)C=CC2=O)C(C)C)cc1. The van der Waals surface area contributed by atoms with Crippen LogP contribution in [0.15, 0.2) is 48.6 Å². The highest BCUT2D eigenvalue weighted by Gasteiger charge is 2.29. The number of ether oxygens (including phenoxy) is 1. The molecule has 0 aliphatic carbocycles. The van der Waals surface area contributed by atoms with Crippen LogP contribution in [0, 0.1) is 5.92 Å². The Morgan fingerprint density at radius 2 is 1.57 bits per heavy atom. The van der Waals surface area contributed by atoms with Crippen LogP contribution in [-0.4, -0.2) is 71.6 Å². The van der Waals surface area contributed by atoms with E-state index in [2.05, 4.69) is 27.8 Å². The van der Waals surface area contributed by atoms with E-state index in [1.54, 1.807) is 45.0 Å². The van der Waals surface area contributed by atoms with Gasteiger partial charge in [-0.05, 0) is 56.2 Å². The Bertz CT molecular complexity index is 1310. The number of amides is 7. The van der Waals surface area contributed by atoms with Crippen LogP contribution in [0.5, 0.6) is 0 Å². The maximum absolute atomic E-state index is 13.3. The predicted octanol–water partition coefficient (Wildman–Crippen LogP) is 1.80. The van der Waals surface area contributed by atoms with Crippen molar-refractivity contribution < 1.29 is 38.3 Å². The Morgan fingerprint density at radius 1 is 0.913 bits per heavy atom. The lowest BCUT2D eigenvalue weighted by molar-refractivity contribution is -0.140. The molecule has 0 unspecified atom stereocenters. The minimum absolute atomic E-state index is 0.0338. The van der Waals surface area contributed by atoms with E-state index in [0.717, 1.165) is 4.90 Å². The van der Waals surface area contributed by atoms with E-state index in [1.165, 1.54) is 12.2 Å². The van der Waals surface area contributed by atoms with Crippen LogP contribution < -0.4 is 27.0 Å². The minimum atomic E-state index is -0.998. The number of hydrogen-bond donors (Lipinski definition) is 5. The average Bonchev–Trinajstić information content (AvgIpc) is 3.32. The van der Waals surface area contributed by atoms with Gasteiger partial charge in [0, 0.05) is 42.9 Å². The van der Waals surface area contributed by atoms with Gasteiger partial charge in [0.1, 0.15) is 18.7 Å². The van der Waals surface area contributed by atoms with Crippen LogP contribution in [-0.2, 0) is 40.1 Å². The molecule has 0 saturated carbocycles. The molecule has 14 heteroatoms. The van der Waals surface area contributed by atoms with E-state index in [1.807, 2.05) is 0 Å². The van der Waals surface area contributed by atoms with E-state index in [9.17, 15) is 33.6 Å². The molecular formula is C32H44N6O8. The first kappa shape index (κ1) is 37.2. The maximum Gasteiger partial charge on any atom is 0.333 e. The third kappa shape index (κ3) is 12.9. The van der Waals surface area contributed by atoms with Crippen LogP contribution in [0.3, 0.4) is 0 Å². The monoisotopic (exact) mass is 640 g/mol. The van der Waals surface area contributed by atoms with Crippen molar-refractivity contribution in [1.82, 2.24) is 20.9 Å². The molecule has 1 heterocycles. The Labute approximate surface area is 268 Å². The van der Waals surface area contributed by atoms with Crippen molar-refractivity contribution in [3.05, 3.63) is 54.1 Å². The number of anilines is 1. The summed E-state index contributed by atoms with van der Waals surface area (Å²) in [6, 6.07) is 3.99. The molecule has 2 rings (SSSR count). The number of rotatable bonds is 19. The summed E-state index contributed by atoms with van der Waals surface area (Å²) in [5.74, 6) is -2.89. The van der Waals surface area contributed by atoms with E-state index in [4.69, 9.17) is 10.5 Å². The number of hydrogen-bond acceptors (Lipinski definition) is 8. The number of benzene rings is 1. The lowest BCUT2D eigenvalue weighted by Gasteiger charge is -2.25. The summed E-state index contributed by atoms with van der Waals surface area (Å²) in [4.78, 5) is 86.4. The molecule has 46 heavy (non-hydrogen) atoms. The number of carbonyl (C=O) groups excluding carboxylic acids is 7. The van der Waals surface area contributed by atoms with Crippen molar-refractivity contribution in [1.29, 1.82) is 0 Å². The molecule has 2 atom stereocenters. The average molecular weight is 641 g/mol. The van der Waals surface area contributed by atoms with Gasteiger partial charge in [-0.3, -0.25) is 28.9 Å². The van der Waals surface area contributed by atoms with Crippen LogP contribution in [0.2, 0.25) is 0 Å². The molecule has 1 aliphatic heterocycles. The summed E-state index contributed by atoms with van der Waals surface area (Å²) in [5, 5.41) is 10.7. The van der Waals surface area contributed by atoms with Crippen LogP contribution in [0.1, 0.15) is 64.9 Å². The molecule has 7 amide bonds. The fraction of sp³-hybridized carbons (Fsp3) is 0.469.